The van der Waals surface area contributed by atoms with Gasteiger partial charge >= 0.3 is 0 Å². The average molecular weight is 307 g/mol. The Bertz CT molecular complexity index is 692. The third kappa shape index (κ3) is 4.14. The van der Waals surface area contributed by atoms with Crippen LogP contribution in [0.4, 0.5) is 0 Å². The van der Waals surface area contributed by atoms with Gasteiger partial charge in [0.15, 0.2) is 9.84 Å². The number of aromatic nitrogens is 3. The van der Waals surface area contributed by atoms with E-state index in [-0.39, 0.29) is 5.75 Å². The Labute approximate surface area is 125 Å². The van der Waals surface area contributed by atoms with Crippen molar-refractivity contribution in [1.29, 1.82) is 0 Å². The SMILES string of the molecule is CCCS(=O)(=O)c1cccc(CCc2cn(CC)nn2)c1. The number of sulfone groups is 1. The van der Waals surface area contributed by atoms with Crippen molar-refractivity contribution in [1.82, 2.24) is 15.0 Å². The van der Waals surface area contributed by atoms with E-state index >= 15 is 0 Å². The van der Waals surface area contributed by atoms with Crippen molar-refractivity contribution in [3.8, 4) is 0 Å². The molecule has 2 rings (SSSR count). The second-order valence-electron chi connectivity index (χ2n) is 5.03. The molecule has 6 heteroatoms. The molecule has 0 fully saturated rings. The van der Waals surface area contributed by atoms with Gasteiger partial charge in [0.25, 0.3) is 0 Å². The van der Waals surface area contributed by atoms with E-state index in [0.29, 0.717) is 11.3 Å². The van der Waals surface area contributed by atoms with E-state index in [0.717, 1.165) is 30.6 Å². The van der Waals surface area contributed by atoms with Crippen molar-refractivity contribution in [2.45, 2.75) is 44.6 Å². The first kappa shape index (κ1) is 15.7. The molecule has 0 aliphatic carbocycles. The molecule has 0 N–H and O–H groups in total. The van der Waals surface area contributed by atoms with Gasteiger partial charge in [0.2, 0.25) is 0 Å². The quantitative estimate of drug-likeness (QED) is 0.787. The zero-order chi connectivity index (χ0) is 15.3. The molecule has 0 unspecified atom stereocenters. The van der Waals surface area contributed by atoms with Gasteiger partial charge in [0.1, 0.15) is 0 Å². The van der Waals surface area contributed by atoms with Crippen LogP contribution in [0, 0.1) is 0 Å². The van der Waals surface area contributed by atoms with Gasteiger partial charge in [0, 0.05) is 12.7 Å². The van der Waals surface area contributed by atoms with E-state index in [4.69, 9.17) is 0 Å². The summed E-state index contributed by atoms with van der Waals surface area (Å²) in [5, 5.41) is 8.10. The normalized spacial score (nSPS) is 11.7. The van der Waals surface area contributed by atoms with Crippen LogP contribution in [-0.2, 0) is 29.2 Å². The van der Waals surface area contributed by atoms with E-state index in [2.05, 4.69) is 10.3 Å². The summed E-state index contributed by atoms with van der Waals surface area (Å²) in [7, 11) is -3.15. The lowest BCUT2D eigenvalue weighted by molar-refractivity contribution is 0.594. The number of rotatable bonds is 7. The maximum atomic E-state index is 12.1. The van der Waals surface area contributed by atoms with Gasteiger partial charge in [-0.3, -0.25) is 4.68 Å². The van der Waals surface area contributed by atoms with Crippen LogP contribution in [0.15, 0.2) is 35.4 Å². The molecule has 21 heavy (non-hydrogen) atoms. The summed E-state index contributed by atoms with van der Waals surface area (Å²) in [5.41, 5.74) is 1.94. The second-order valence-corrected chi connectivity index (χ2v) is 7.14. The van der Waals surface area contributed by atoms with Crippen LogP contribution < -0.4 is 0 Å². The van der Waals surface area contributed by atoms with Crippen molar-refractivity contribution in [3.05, 3.63) is 41.7 Å². The van der Waals surface area contributed by atoms with E-state index in [1.165, 1.54) is 0 Å². The highest BCUT2D eigenvalue weighted by atomic mass is 32.2. The van der Waals surface area contributed by atoms with Gasteiger partial charge in [-0.25, -0.2) is 8.42 Å². The highest BCUT2D eigenvalue weighted by Crippen LogP contribution is 2.15. The Balaban J connectivity index is 2.07. The monoisotopic (exact) mass is 307 g/mol. The Morgan fingerprint density at radius 2 is 2.00 bits per heavy atom. The summed E-state index contributed by atoms with van der Waals surface area (Å²) in [6.07, 6.45) is 4.08. The molecule has 0 aliphatic rings. The number of hydrogen-bond acceptors (Lipinski definition) is 4. The van der Waals surface area contributed by atoms with Crippen molar-refractivity contribution in [3.63, 3.8) is 0 Å². The predicted molar refractivity (Wildman–Crippen MR) is 81.9 cm³/mol. The molecule has 5 nitrogen and oxygen atoms in total. The maximum Gasteiger partial charge on any atom is 0.178 e. The number of hydrogen-bond donors (Lipinski definition) is 0. The molecule has 0 amide bonds. The summed E-state index contributed by atoms with van der Waals surface area (Å²) in [6, 6.07) is 7.20. The number of aryl methyl sites for hydroxylation is 3. The average Bonchev–Trinajstić information content (AvgIpc) is 2.93. The molecule has 1 aromatic carbocycles. The van der Waals surface area contributed by atoms with Crippen LogP contribution in [0.25, 0.3) is 0 Å². The lowest BCUT2D eigenvalue weighted by Crippen LogP contribution is -2.06. The first-order valence-corrected chi connectivity index (χ1v) is 8.91. The zero-order valence-corrected chi connectivity index (χ0v) is 13.3. The molecule has 1 aromatic heterocycles. The molecule has 114 valence electrons. The highest BCUT2D eigenvalue weighted by Gasteiger charge is 2.13. The van der Waals surface area contributed by atoms with Gasteiger partial charge in [-0.1, -0.05) is 24.3 Å². The summed E-state index contributed by atoms with van der Waals surface area (Å²) in [4.78, 5) is 0.416. The van der Waals surface area contributed by atoms with E-state index < -0.39 is 9.84 Å². The predicted octanol–water partition coefficient (Wildman–Crippen LogP) is 2.27. The lowest BCUT2D eigenvalue weighted by Gasteiger charge is -2.05. The molecule has 0 radical (unpaired) electrons. The molecule has 0 saturated heterocycles. The minimum atomic E-state index is -3.15. The molecule has 0 saturated carbocycles. The third-order valence-electron chi connectivity index (χ3n) is 3.31. The summed E-state index contributed by atoms with van der Waals surface area (Å²) in [6.45, 7) is 4.69. The Kier molecular flexibility index (Phi) is 5.12. The fourth-order valence-electron chi connectivity index (χ4n) is 2.16. The van der Waals surface area contributed by atoms with Crippen LogP contribution in [0.1, 0.15) is 31.5 Å². The number of benzene rings is 1. The molecule has 0 atom stereocenters. The minimum absolute atomic E-state index is 0.196. The molecule has 0 aliphatic heterocycles. The maximum absolute atomic E-state index is 12.1. The van der Waals surface area contributed by atoms with Gasteiger partial charge in [-0.15, -0.1) is 5.10 Å². The van der Waals surface area contributed by atoms with Crippen molar-refractivity contribution in [2.75, 3.05) is 5.75 Å². The standard InChI is InChI=1S/C15H21N3O2S/c1-3-10-21(19,20)15-7-5-6-13(11-15)8-9-14-12-18(4-2)17-16-14/h5-7,11-12H,3-4,8-10H2,1-2H3. The summed E-state index contributed by atoms with van der Waals surface area (Å²) < 4.78 is 25.9. The van der Waals surface area contributed by atoms with E-state index in [1.54, 1.807) is 22.9 Å². The highest BCUT2D eigenvalue weighted by molar-refractivity contribution is 7.91. The molecule has 1 heterocycles. The van der Waals surface area contributed by atoms with Gasteiger partial charge < -0.3 is 0 Å². The Hall–Kier alpha value is -1.69. The lowest BCUT2D eigenvalue weighted by atomic mass is 10.1. The fourth-order valence-corrected chi connectivity index (χ4v) is 3.55. The van der Waals surface area contributed by atoms with E-state index in [9.17, 15) is 8.42 Å². The molecule has 2 aromatic rings. The molecular weight excluding hydrogens is 286 g/mol. The molecule has 0 bridgehead atoms. The summed E-state index contributed by atoms with van der Waals surface area (Å²) in [5.74, 6) is 0.196. The van der Waals surface area contributed by atoms with Crippen LogP contribution >= 0.6 is 0 Å². The van der Waals surface area contributed by atoms with Crippen LogP contribution in [0.5, 0.6) is 0 Å². The number of nitrogens with zero attached hydrogens (tertiary/aromatic N) is 3. The van der Waals surface area contributed by atoms with E-state index in [1.807, 2.05) is 26.1 Å². The Morgan fingerprint density at radius 1 is 1.19 bits per heavy atom. The smallest absolute Gasteiger partial charge is 0.178 e. The second kappa shape index (κ2) is 6.85. The van der Waals surface area contributed by atoms with Gasteiger partial charge in [-0.2, -0.15) is 0 Å². The topological polar surface area (TPSA) is 64.8 Å². The van der Waals surface area contributed by atoms with Crippen LogP contribution in [-0.4, -0.2) is 29.2 Å². The first-order valence-electron chi connectivity index (χ1n) is 7.26. The van der Waals surface area contributed by atoms with Crippen molar-refractivity contribution < 1.29 is 8.42 Å². The van der Waals surface area contributed by atoms with Crippen molar-refractivity contribution >= 4 is 9.84 Å². The Morgan fingerprint density at radius 3 is 2.67 bits per heavy atom. The largest absolute Gasteiger partial charge is 0.253 e. The van der Waals surface area contributed by atoms with Crippen molar-refractivity contribution in [2.24, 2.45) is 0 Å². The van der Waals surface area contributed by atoms with Gasteiger partial charge in [0.05, 0.1) is 16.3 Å². The first-order chi connectivity index (χ1) is 10.0. The fraction of sp³-hybridized carbons (Fsp3) is 0.467. The third-order valence-corrected chi connectivity index (χ3v) is 5.23. The van der Waals surface area contributed by atoms with Crippen LogP contribution in [0.3, 0.4) is 0 Å². The van der Waals surface area contributed by atoms with Crippen LogP contribution in [0.2, 0.25) is 0 Å². The zero-order valence-electron chi connectivity index (χ0n) is 12.5. The van der Waals surface area contributed by atoms with Gasteiger partial charge in [-0.05, 0) is 43.9 Å². The summed E-state index contributed by atoms with van der Waals surface area (Å²) >= 11 is 0. The molecule has 0 spiro atoms. The molecular formula is C15H21N3O2S. The minimum Gasteiger partial charge on any atom is -0.253 e.